The summed E-state index contributed by atoms with van der Waals surface area (Å²) in [5.41, 5.74) is 1.16. The lowest BCUT2D eigenvalue weighted by Crippen LogP contribution is -2.16. The molecule has 2 rings (SSSR count). The highest BCUT2D eigenvalue weighted by molar-refractivity contribution is 9.10. The molecule has 0 N–H and O–H groups in total. The molecule has 0 radical (unpaired) electrons. The molecule has 0 bridgehead atoms. The van der Waals surface area contributed by atoms with Crippen LogP contribution in [-0.4, -0.2) is 22.9 Å². The van der Waals surface area contributed by atoms with Crippen molar-refractivity contribution in [1.82, 2.24) is 4.90 Å². The Balaban J connectivity index is 2.43. The lowest BCUT2D eigenvalue weighted by atomic mass is 10.1. The number of nitro benzene ring substituents is 1. The molecule has 1 aliphatic rings. The van der Waals surface area contributed by atoms with E-state index in [1.165, 1.54) is 6.07 Å². The van der Waals surface area contributed by atoms with Crippen LogP contribution >= 0.6 is 15.9 Å². The number of nitrogens with zero attached hydrogens (tertiary/aromatic N) is 2. The fourth-order valence-electron chi connectivity index (χ4n) is 2.24. The predicted molar refractivity (Wildman–Crippen MR) is 75.2 cm³/mol. The van der Waals surface area contributed by atoms with Crippen LogP contribution in [0.15, 0.2) is 22.3 Å². The van der Waals surface area contributed by atoms with Gasteiger partial charge >= 0.3 is 0 Å². The molecule has 0 atom stereocenters. The minimum atomic E-state index is -0.616. The number of likely N-dealkylation sites (tertiary alicyclic amines) is 1. The largest absolute Gasteiger partial charge is 0.375 e. The first-order valence-electron chi connectivity index (χ1n) is 6.05. The smallest absolute Gasteiger partial charge is 0.280 e. The molecule has 4 nitrogen and oxygen atoms in total. The van der Waals surface area contributed by atoms with E-state index in [4.69, 9.17) is 0 Å². The molecule has 1 aliphatic heterocycles. The lowest BCUT2D eigenvalue weighted by molar-refractivity contribution is -0.385. The zero-order valence-corrected chi connectivity index (χ0v) is 12.1. The quantitative estimate of drug-likeness (QED) is 0.623. The Kier molecular flexibility index (Phi) is 4.19. The van der Waals surface area contributed by atoms with E-state index in [0.29, 0.717) is 10.0 Å². The highest BCUT2D eigenvalue weighted by Crippen LogP contribution is 2.31. The van der Waals surface area contributed by atoms with Gasteiger partial charge in [0.1, 0.15) is 5.82 Å². The molecule has 0 aliphatic carbocycles. The fraction of sp³-hybridized carbons (Fsp3) is 0.385. The van der Waals surface area contributed by atoms with E-state index < -0.39 is 10.7 Å². The van der Waals surface area contributed by atoms with E-state index >= 15 is 0 Å². The van der Waals surface area contributed by atoms with E-state index in [9.17, 15) is 14.5 Å². The van der Waals surface area contributed by atoms with Crippen LogP contribution in [0.25, 0.3) is 6.08 Å². The molecule has 102 valence electrons. The van der Waals surface area contributed by atoms with Gasteiger partial charge in [-0.05, 0) is 47.8 Å². The molecule has 0 spiro atoms. The van der Waals surface area contributed by atoms with Gasteiger partial charge in [-0.3, -0.25) is 10.1 Å². The van der Waals surface area contributed by atoms with E-state index in [-0.39, 0.29) is 5.69 Å². The Hall–Kier alpha value is -1.43. The van der Waals surface area contributed by atoms with Crippen LogP contribution in [0.1, 0.15) is 25.3 Å². The third kappa shape index (κ3) is 3.12. The Morgan fingerprint density at radius 1 is 1.47 bits per heavy atom. The number of hydrogen-bond acceptors (Lipinski definition) is 3. The Bertz CT molecular complexity index is 540. The molecule has 1 saturated heterocycles. The van der Waals surface area contributed by atoms with Crippen molar-refractivity contribution in [2.45, 2.75) is 19.8 Å². The van der Waals surface area contributed by atoms with Crippen LogP contribution in [0.4, 0.5) is 10.1 Å². The Labute approximate surface area is 119 Å². The molecular weight excluding hydrogens is 315 g/mol. The Morgan fingerprint density at radius 3 is 2.68 bits per heavy atom. The fourth-order valence-corrected chi connectivity index (χ4v) is 2.77. The standard InChI is InChI=1S/C13H14BrFN2O2/c1-9(16-4-2-3-5-16)6-11-12(14)7-10(15)8-13(11)17(18)19/h6-8H,2-5H2,1H3. The second-order valence-corrected chi connectivity index (χ2v) is 5.41. The highest BCUT2D eigenvalue weighted by atomic mass is 79.9. The van der Waals surface area contributed by atoms with Gasteiger partial charge < -0.3 is 4.90 Å². The maximum Gasteiger partial charge on any atom is 0.280 e. The summed E-state index contributed by atoms with van der Waals surface area (Å²) in [4.78, 5) is 12.6. The van der Waals surface area contributed by atoms with Crippen LogP contribution in [0.3, 0.4) is 0 Å². The number of rotatable bonds is 3. The van der Waals surface area contributed by atoms with Crippen molar-refractivity contribution in [3.8, 4) is 0 Å². The van der Waals surface area contributed by atoms with Gasteiger partial charge in [-0.15, -0.1) is 0 Å². The molecule has 1 heterocycles. The third-order valence-electron chi connectivity index (χ3n) is 3.23. The summed E-state index contributed by atoms with van der Waals surface area (Å²) < 4.78 is 13.6. The second-order valence-electron chi connectivity index (χ2n) is 4.56. The number of hydrogen-bond donors (Lipinski definition) is 0. The van der Waals surface area contributed by atoms with Crippen molar-refractivity contribution in [2.75, 3.05) is 13.1 Å². The van der Waals surface area contributed by atoms with Crippen LogP contribution < -0.4 is 0 Å². The van der Waals surface area contributed by atoms with E-state index in [1.807, 2.05) is 6.92 Å². The summed E-state index contributed by atoms with van der Waals surface area (Å²) >= 11 is 3.20. The topological polar surface area (TPSA) is 46.4 Å². The highest BCUT2D eigenvalue weighted by Gasteiger charge is 2.19. The lowest BCUT2D eigenvalue weighted by Gasteiger charge is -2.18. The van der Waals surface area contributed by atoms with Crippen LogP contribution in [0.5, 0.6) is 0 Å². The van der Waals surface area contributed by atoms with Gasteiger partial charge in [0, 0.05) is 23.3 Å². The van der Waals surface area contributed by atoms with Gasteiger partial charge in [-0.2, -0.15) is 0 Å². The third-order valence-corrected chi connectivity index (χ3v) is 3.88. The second kappa shape index (κ2) is 5.69. The molecule has 0 unspecified atom stereocenters. The van der Waals surface area contributed by atoms with Gasteiger partial charge in [-0.1, -0.05) is 0 Å². The van der Waals surface area contributed by atoms with Gasteiger partial charge in [0.05, 0.1) is 16.6 Å². The number of benzene rings is 1. The molecule has 0 amide bonds. The average Bonchev–Trinajstić information content (AvgIpc) is 2.85. The summed E-state index contributed by atoms with van der Waals surface area (Å²) in [7, 11) is 0. The van der Waals surface area contributed by atoms with Crippen molar-refractivity contribution in [3.05, 3.63) is 43.8 Å². The minimum Gasteiger partial charge on any atom is -0.375 e. The van der Waals surface area contributed by atoms with Crippen molar-refractivity contribution in [1.29, 1.82) is 0 Å². The first kappa shape index (κ1) is 14.0. The van der Waals surface area contributed by atoms with Crippen molar-refractivity contribution in [2.24, 2.45) is 0 Å². The van der Waals surface area contributed by atoms with Crippen LogP contribution in [0, 0.1) is 15.9 Å². The monoisotopic (exact) mass is 328 g/mol. The van der Waals surface area contributed by atoms with E-state index in [2.05, 4.69) is 20.8 Å². The van der Waals surface area contributed by atoms with Gasteiger partial charge in [0.2, 0.25) is 0 Å². The number of allylic oxidation sites excluding steroid dienone is 1. The minimum absolute atomic E-state index is 0.217. The summed E-state index contributed by atoms with van der Waals surface area (Å²) in [5.74, 6) is -0.616. The predicted octanol–water partition coefficient (Wildman–Crippen LogP) is 3.95. The van der Waals surface area contributed by atoms with Crippen molar-refractivity contribution < 1.29 is 9.31 Å². The molecule has 19 heavy (non-hydrogen) atoms. The molecule has 0 aromatic heterocycles. The molecule has 1 fully saturated rings. The summed E-state index contributed by atoms with van der Waals surface area (Å²) in [6.07, 6.45) is 4.02. The summed E-state index contributed by atoms with van der Waals surface area (Å²) in [6, 6.07) is 2.20. The summed E-state index contributed by atoms with van der Waals surface area (Å²) in [5, 5.41) is 11.0. The first-order chi connectivity index (χ1) is 8.99. The van der Waals surface area contributed by atoms with E-state index in [1.54, 1.807) is 6.08 Å². The zero-order chi connectivity index (χ0) is 14.0. The van der Waals surface area contributed by atoms with Crippen LogP contribution in [0.2, 0.25) is 0 Å². The van der Waals surface area contributed by atoms with Gasteiger partial charge in [-0.25, -0.2) is 4.39 Å². The molecular formula is C13H14BrFN2O2. The zero-order valence-electron chi connectivity index (χ0n) is 10.5. The SMILES string of the molecule is CC(=Cc1c(Br)cc(F)cc1[N+](=O)[O-])N1CCCC1. The molecule has 1 aromatic rings. The molecule has 6 heteroatoms. The molecule has 1 aromatic carbocycles. The normalized spacial score (nSPS) is 15.9. The maximum absolute atomic E-state index is 13.2. The number of nitro groups is 1. The molecule has 0 saturated carbocycles. The van der Waals surface area contributed by atoms with Crippen molar-refractivity contribution >= 4 is 27.7 Å². The first-order valence-corrected chi connectivity index (χ1v) is 6.85. The summed E-state index contributed by atoms with van der Waals surface area (Å²) in [6.45, 7) is 3.86. The Morgan fingerprint density at radius 2 is 2.11 bits per heavy atom. The van der Waals surface area contributed by atoms with Crippen molar-refractivity contribution in [3.63, 3.8) is 0 Å². The van der Waals surface area contributed by atoms with Gasteiger partial charge in [0.25, 0.3) is 5.69 Å². The van der Waals surface area contributed by atoms with Gasteiger partial charge in [0.15, 0.2) is 0 Å². The maximum atomic E-state index is 13.2. The van der Waals surface area contributed by atoms with Crippen LogP contribution in [-0.2, 0) is 0 Å². The number of halogens is 2. The average molecular weight is 329 g/mol. The van der Waals surface area contributed by atoms with E-state index in [0.717, 1.165) is 37.7 Å².